The zero-order valence-corrected chi connectivity index (χ0v) is 15.6. The van der Waals surface area contributed by atoms with Gasteiger partial charge in [0.05, 0.1) is 5.69 Å². The predicted molar refractivity (Wildman–Crippen MR) is 105 cm³/mol. The molecule has 0 bridgehead atoms. The van der Waals surface area contributed by atoms with Crippen molar-refractivity contribution in [2.24, 2.45) is 7.05 Å². The molecule has 0 aliphatic heterocycles. The lowest BCUT2D eigenvalue weighted by atomic mass is 10.1. The molecule has 27 heavy (non-hydrogen) atoms. The molecule has 5 nitrogen and oxygen atoms in total. The van der Waals surface area contributed by atoms with Crippen LogP contribution in [0, 0.1) is 6.92 Å². The Morgan fingerprint density at radius 1 is 1.19 bits per heavy atom. The molecule has 138 valence electrons. The van der Waals surface area contributed by atoms with E-state index in [-0.39, 0.29) is 5.91 Å². The smallest absolute Gasteiger partial charge is 0.273 e. The third kappa shape index (κ3) is 3.87. The fourth-order valence-corrected chi connectivity index (χ4v) is 3.11. The summed E-state index contributed by atoms with van der Waals surface area (Å²) in [5, 5.41) is 7.47. The zero-order valence-electron chi connectivity index (χ0n) is 15.6. The summed E-state index contributed by atoms with van der Waals surface area (Å²) in [5.74, 6) is 1.13. The summed E-state index contributed by atoms with van der Waals surface area (Å²) in [6.45, 7) is 2.44. The first-order valence-corrected chi connectivity index (χ1v) is 9.23. The number of benzene rings is 2. The largest absolute Gasteiger partial charge is 0.489 e. The van der Waals surface area contributed by atoms with Gasteiger partial charge in [-0.25, -0.2) is 0 Å². The van der Waals surface area contributed by atoms with Crippen molar-refractivity contribution in [1.82, 2.24) is 9.78 Å². The van der Waals surface area contributed by atoms with E-state index in [1.807, 2.05) is 68.6 Å². The maximum absolute atomic E-state index is 12.7. The van der Waals surface area contributed by atoms with Crippen molar-refractivity contribution in [3.63, 3.8) is 0 Å². The molecule has 0 radical (unpaired) electrons. The van der Waals surface area contributed by atoms with E-state index in [2.05, 4.69) is 10.4 Å². The first kappa shape index (κ1) is 17.3. The zero-order chi connectivity index (χ0) is 18.8. The molecular formula is C22H23N3O2. The minimum absolute atomic E-state index is 0.153. The van der Waals surface area contributed by atoms with E-state index >= 15 is 0 Å². The number of anilines is 1. The highest BCUT2D eigenvalue weighted by atomic mass is 16.5. The average molecular weight is 361 g/mol. The van der Waals surface area contributed by atoms with Crippen molar-refractivity contribution >= 4 is 11.6 Å². The molecule has 1 fully saturated rings. The van der Waals surface area contributed by atoms with Gasteiger partial charge in [0.1, 0.15) is 18.1 Å². The highest BCUT2D eigenvalue weighted by molar-refractivity contribution is 6.03. The first-order valence-electron chi connectivity index (χ1n) is 9.23. The number of aryl methyl sites for hydroxylation is 1. The van der Waals surface area contributed by atoms with Gasteiger partial charge in [-0.05, 0) is 43.5 Å². The first-order chi connectivity index (χ1) is 13.1. The topological polar surface area (TPSA) is 56.2 Å². The second kappa shape index (κ2) is 7.27. The highest BCUT2D eigenvalue weighted by Crippen LogP contribution is 2.39. The molecule has 4 rings (SSSR count). The van der Waals surface area contributed by atoms with Gasteiger partial charge in [-0.3, -0.25) is 9.48 Å². The molecule has 1 aliphatic carbocycles. The summed E-state index contributed by atoms with van der Waals surface area (Å²) in [4.78, 5) is 12.7. The predicted octanol–water partition coefficient (Wildman–Crippen LogP) is 4.44. The fourth-order valence-electron chi connectivity index (χ4n) is 3.11. The molecule has 5 heteroatoms. The molecule has 0 saturated heterocycles. The van der Waals surface area contributed by atoms with E-state index in [1.54, 1.807) is 4.68 Å². The number of carbonyl (C=O) groups is 1. The maximum atomic E-state index is 12.7. The van der Waals surface area contributed by atoms with Crippen LogP contribution in [0.2, 0.25) is 0 Å². The maximum Gasteiger partial charge on any atom is 0.273 e. The Morgan fingerprint density at radius 3 is 2.70 bits per heavy atom. The summed E-state index contributed by atoms with van der Waals surface area (Å²) in [6, 6.07) is 17.6. The summed E-state index contributed by atoms with van der Waals surface area (Å²) >= 11 is 0. The number of nitrogens with zero attached hydrogens (tertiary/aromatic N) is 2. The van der Waals surface area contributed by atoms with E-state index in [9.17, 15) is 4.79 Å². The van der Waals surface area contributed by atoms with Crippen LogP contribution >= 0.6 is 0 Å². The number of nitrogens with one attached hydrogen (secondary N) is 1. The van der Waals surface area contributed by atoms with Crippen molar-refractivity contribution < 1.29 is 9.53 Å². The molecule has 1 N–H and O–H groups in total. The molecule has 1 amide bonds. The minimum Gasteiger partial charge on any atom is -0.489 e. The van der Waals surface area contributed by atoms with Crippen molar-refractivity contribution in [2.75, 3.05) is 5.32 Å². The minimum atomic E-state index is -0.153. The molecule has 1 heterocycles. The second-order valence-electron chi connectivity index (χ2n) is 7.01. The van der Waals surface area contributed by atoms with Crippen LogP contribution in [0.3, 0.4) is 0 Å². The Morgan fingerprint density at radius 2 is 1.96 bits per heavy atom. The lowest BCUT2D eigenvalue weighted by Crippen LogP contribution is -2.16. The van der Waals surface area contributed by atoms with Gasteiger partial charge < -0.3 is 10.1 Å². The van der Waals surface area contributed by atoms with Crippen LogP contribution in [0.1, 0.15) is 46.1 Å². The van der Waals surface area contributed by atoms with E-state index in [1.165, 1.54) is 0 Å². The summed E-state index contributed by atoms with van der Waals surface area (Å²) in [7, 11) is 1.81. The van der Waals surface area contributed by atoms with Gasteiger partial charge >= 0.3 is 0 Å². The normalized spacial score (nSPS) is 13.4. The van der Waals surface area contributed by atoms with Crippen molar-refractivity contribution in [2.45, 2.75) is 32.3 Å². The molecule has 0 spiro atoms. The van der Waals surface area contributed by atoms with E-state index < -0.39 is 0 Å². The quantitative estimate of drug-likeness (QED) is 0.706. The third-order valence-corrected chi connectivity index (χ3v) is 4.90. The van der Waals surface area contributed by atoms with Crippen LogP contribution in [0.25, 0.3) is 0 Å². The second-order valence-corrected chi connectivity index (χ2v) is 7.01. The number of carbonyl (C=O) groups excluding carboxylic acids is 1. The van der Waals surface area contributed by atoms with Crippen LogP contribution in [-0.4, -0.2) is 15.7 Å². The Labute approximate surface area is 159 Å². The number of aromatic nitrogens is 2. The summed E-state index contributed by atoms with van der Waals surface area (Å²) in [5.41, 5.74) is 4.35. The lowest BCUT2D eigenvalue weighted by molar-refractivity contribution is 0.101. The summed E-state index contributed by atoms with van der Waals surface area (Å²) in [6.07, 6.45) is 2.33. The molecule has 0 unspecified atom stereocenters. The van der Waals surface area contributed by atoms with E-state index in [4.69, 9.17) is 4.74 Å². The van der Waals surface area contributed by atoms with Crippen LogP contribution < -0.4 is 10.1 Å². The van der Waals surface area contributed by atoms with Crippen LogP contribution in [0.15, 0.2) is 54.6 Å². The Hall–Kier alpha value is -3.08. The van der Waals surface area contributed by atoms with Gasteiger partial charge in [0.2, 0.25) is 0 Å². The van der Waals surface area contributed by atoms with E-state index in [0.717, 1.165) is 41.1 Å². The van der Waals surface area contributed by atoms with Crippen molar-refractivity contribution in [3.8, 4) is 5.75 Å². The molecule has 1 saturated carbocycles. The van der Waals surface area contributed by atoms with Gasteiger partial charge in [-0.1, -0.05) is 36.4 Å². The van der Waals surface area contributed by atoms with Crippen molar-refractivity contribution in [1.29, 1.82) is 0 Å². The van der Waals surface area contributed by atoms with Crippen molar-refractivity contribution in [3.05, 3.63) is 77.1 Å². The van der Waals surface area contributed by atoms with Crippen LogP contribution in [0.5, 0.6) is 5.75 Å². The molecular weight excluding hydrogens is 338 g/mol. The number of ether oxygens (including phenoxy) is 1. The third-order valence-electron chi connectivity index (χ3n) is 4.90. The number of rotatable bonds is 6. The number of hydrogen-bond donors (Lipinski definition) is 1. The molecule has 2 aromatic carbocycles. The van der Waals surface area contributed by atoms with Gasteiger partial charge in [-0.15, -0.1) is 0 Å². The van der Waals surface area contributed by atoms with Gasteiger partial charge in [0, 0.05) is 24.2 Å². The standard InChI is InChI=1S/C22H23N3O2/c1-15-18(9-6-10-21(15)27-14-16-7-4-3-5-8-16)23-22(26)20-13-19(17-11-12-17)24-25(20)2/h3-10,13,17H,11-12,14H2,1-2H3,(H,23,26). The Kier molecular flexibility index (Phi) is 4.67. The Balaban J connectivity index is 1.48. The highest BCUT2D eigenvalue weighted by Gasteiger charge is 2.28. The SMILES string of the molecule is Cc1c(NC(=O)c2cc(C3CC3)nn2C)cccc1OCc1ccccc1. The van der Waals surface area contributed by atoms with Gasteiger partial charge in [-0.2, -0.15) is 5.10 Å². The monoisotopic (exact) mass is 361 g/mol. The number of hydrogen-bond acceptors (Lipinski definition) is 3. The van der Waals surface area contributed by atoms with Crippen LogP contribution in [-0.2, 0) is 13.7 Å². The van der Waals surface area contributed by atoms with Crippen LogP contribution in [0.4, 0.5) is 5.69 Å². The van der Waals surface area contributed by atoms with Gasteiger partial charge in [0.25, 0.3) is 5.91 Å². The Bertz CT molecular complexity index is 959. The molecule has 3 aromatic rings. The summed E-state index contributed by atoms with van der Waals surface area (Å²) < 4.78 is 7.61. The molecule has 1 aromatic heterocycles. The fraction of sp³-hybridized carbons (Fsp3) is 0.273. The average Bonchev–Trinajstić information content (AvgIpc) is 3.45. The van der Waals surface area contributed by atoms with Gasteiger partial charge in [0.15, 0.2) is 0 Å². The lowest BCUT2D eigenvalue weighted by Gasteiger charge is -2.13. The molecule has 0 atom stereocenters. The molecule has 1 aliphatic rings. The number of amides is 1. The van der Waals surface area contributed by atoms with E-state index in [0.29, 0.717) is 18.2 Å².